The molecule has 4 rings (SSSR count). The first-order valence-electron chi connectivity index (χ1n) is 10.2. The number of halogens is 1. The highest BCUT2D eigenvalue weighted by atomic mass is 19.1. The average molecular weight is 434 g/mol. The molecule has 1 atom stereocenters. The largest absolute Gasteiger partial charge is 0.373 e. The molecule has 9 nitrogen and oxygen atoms in total. The highest BCUT2D eigenvalue weighted by molar-refractivity contribution is 6.04. The lowest BCUT2D eigenvalue weighted by atomic mass is 10.1. The van der Waals surface area contributed by atoms with Crippen molar-refractivity contribution in [1.29, 1.82) is 0 Å². The number of aromatic nitrogens is 5. The molecule has 3 N–H and O–H groups in total. The smallest absolute Gasteiger partial charge is 0.257 e. The van der Waals surface area contributed by atoms with Crippen LogP contribution in [0.2, 0.25) is 0 Å². The number of fused-ring (bicyclic) bond motifs is 1. The lowest BCUT2D eigenvalue weighted by Crippen LogP contribution is -2.14. The highest BCUT2D eigenvalue weighted by Crippen LogP contribution is 2.25. The van der Waals surface area contributed by atoms with Crippen LogP contribution in [-0.4, -0.2) is 37.7 Å². The van der Waals surface area contributed by atoms with Gasteiger partial charge in [-0.3, -0.25) is 9.48 Å². The predicted molar refractivity (Wildman–Crippen MR) is 121 cm³/mol. The van der Waals surface area contributed by atoms with Gasteiger partial charge in [0, 0.05) is 31.0 Å². The Labute approximate surface area is 184 Å². The first kappa shape index (κ1) is 21.2. The average Bonchev–Trinajstić information content (AvgIpc) is 3.23. The molecular weight excluding hydrogens is 411 g/mol. The third-order valence-electron chi connectivity index (χ3n) is 4.97. The Morgan fingerprint density at radius 1 is 1.16 bits per heavy atom. The van der Waals surface area contributed by atoms with Crippen LogP contribution in [0.1, 0.15) is 35.8 Å². The molecule has 3 aromatic heterocycles. The molecule has 0 saturated carbocycles. The zero-order valence-electron chi connectivity index (χ0n) is 17.9. The van der Waals surface area contributed by atoms with Gasteiger partial charge in [0.25, 0.3) is 5.91 Å². The number of rotatable bonds is 7. The minimum Gasteiger partial charge on any atom is -0.373 e. The number of anilines is 3. The van der Waals surface area contributed by atoms with Crippen LogP contribution < -0.4 is 16.0 Å². The summed E-state index contributed by atoms with van der Waals surface area (Å²) in [5.41, 5.74) is 2.46. The second-order valence-electron chi connectivity index (χ2n) is 7.19. The number of aryl methyl sites for hydroxylation is 1. The Kier molecular flexibility index (Phi) is 5.93. The Hall–Kier alpha value is -4.08. The molecule has 164 valence electrons. The van der Waals surface area contributed by atoms with Crippen LogP contribution in [0, 0.1) is 5.82 Å². The van der Waals surface area contributed by atoms with Gasteiger partial charge < -0.3 is 16.0 Å². The minimum absolute atomic E-state index is 0.332. The fraction of sp³-hybridized carbons (Fsp3) is 0.227. The van der Waals surface area contributed by atoms with E-state index in [0.717, 1.165) is 6.54 Å². The Morgan fingerprint density at radius 2 is 2.00 bits per heavy atom. The van der Waals surface area contributed by atoms with Gasteiger partial charge in [0.2, 0.25) is 5.65 Å². The van der Waals surface area contributed by atoms with E-state index < -0.39 is 11.9 Å². The number of nitrogens with one attached hydrogen (secondary N) is 3. The SMILES string of the molecule is CCn1cc2ncc(N[C@@H](C)c3cc(NC(=O)c4ccc(NC)nc4)ccc3F)nc2n1. The van der Waals surface area contributed by atoms with Gasteiger partial charge in [-0.05, 0) is 44.2 Å². The van der Waals surface area contributed by atoms with Crippen molar-refractivity contribution in [3.63, 3.8) is 0 Å². The summed E-state index contributed by atoms with van der Waals surface area (Å²) in [6, 6.07) is 7.38. The molecule has 0 aliphatic carbocycles. The molecule has 0 aliphatic rings. The van der Waals surface area contributed by atoms with Crippen LogP contribution in [0.4, 0.5) is 21.7 Å². The van der Waals surface area contributed by atoms with Crippen molar-refractivity contribution >= 4 is 34.4 Å². The molecule has 32 heavy (non-hydrogen) atoms. The standard InChI is InChI=1S/C22H23FN8O/c1-4-31-12-18-21(30-31)29-20(11-25-18)27-13(2)16-9-15(6-7-17(16)23)28-22(32)14-5-8-19(24-3)26-10-14/h5-13H,4H2,1-3H3,(H,24,26)(H,28,32)(H,27,29,30)/t13-/m0/s1. The molecule has 3 heterocycles. The van der Waals surface area contributed by atoms with Crippen molar-refractivity contribution in [3.8, 4) is 0 Å². The summed E-state index contributed by atoms with van der Waals surface area (Å²) >= 11 is 0. The lowest BCUT2D eigenvalue weighted by Gasteiger charge is -2.17. The number of nitrogens with zero attached hydrogens (tertiary/aromatic N) is 5. The fourth-order valence-corrected chi connectivity index (χ4v) is 3.21. The second kappa shape index (κ2) is 8.96. The van der Waals surface area contributed by atoms with Crippen LogP contribution in [-0.2, 0) is 6.54 Å². The summed E-state index contributed by atoms with van der Waals surface area (Å²) in [7, 11) is 1.75. The van der Waals surface area contributed by atoms with E-state index in [1.165, 1.54) is 18.3 Å². The van der Waals surface area contributed by atoms with Gasteiger partial charge in [0.15, 0.2) is 0 Å². The molecule has 1 amide bonds. The van der Waals surface area contributed by atoms with Crippen molar-refractivity contribution in [2.24, 2.45) is 0 Å². The third kappa shape index (κ3) is 4.48. The fourth-order valence-electron chi connectivity index (χ4n) is 3.21. The van der Waals surface area contributed by atoms with E-state index in [-0.39, 0.29) is 5.91 Å². The Bertz CT molecular complexity index is 1250. The van der Waals surface area contributed by atoms with Crippen molar-refractivity contribution in [2.45, 2.75) is 26.4 Å². The zero-order valence-corrected chi connectivity index (χ0v) is 17.9. The van der Waals surface area contributed by atoms with E-state index in [0.29, 0.717) is 39.6 Å². The lowest BCUT2D eigenvalue weighted by molar-refractivity contribution is 0.102. The van der Waals surface area contributed by atoms with Gasteiger partial charge in [-0.25, -0.2) is 19.3 Å². The minimum atomic E-state index is -0.427. The monoisotopic (exact) mass is 434 g/mol. The van der Waals surface area contributed by atoms with Crippen LogP contribution in [0.15, 0.2) is 48.9 Å². The Morgan fingerprint density at radius 3 is 2.72 bits per heavy atom. The summed E-state index contributed by atoms with van der Waals surface area (Å²) < 4.78 is 16.3. The van der Waals surface area contributed by atoms with Gasteiger partial charge in [-0.2, -0.15) is 5.10 Å². The van der Waals surface area contributed by atoms with E-state index >= 15 is 0 Å². The van der Waals surface area contributed by atoms with Crippen molar-refractivity contribution < 1.29 is 9.18 Å². The van der Waals surface area contributed by atoms with Crippen LogP contribution >= 0.6 is 0 Å². The number of hydrogen-bond acceptors (Lipinski definition) is 7. The summed E-state index contributed by atoms with van der Waals surface area (Å²) in [5.74, 6) is 0.414. The first-order valence-corrected chi connectivity index (χ1v) is 10.2. The molecule has 0 fully saturated rings. The number of pyridine rings is 1. The summed E-state index contributed by atoms with van der Waals surface area (Å²) in [5, 5.41) is 13.2. The number of carbonyl (C=O) groups excluding carboxylic acids is 1. The molecule has 0 spiro atoms. The zero-order chi connectivity index (χ0) is 22.7. The first-order chi connectivity index (χ1) is 15.5. The summed E-state index contributed by atoms with van der Waals surface area (Å²) in [6.45, 7) is 4.51. The summed E-state index contributed by atoms with van der Waals surface area (Å²) in [6.07, 6.45) is 4.89. The normalized spacial score (nSPS) is 11.9. The van der Waals surface area contributed by atoms with Gasteiger partial charge in [0.05, 0.1) is 24.0 Å². The van der Waals surface area contributed by atoms with Gasteiger partial charge >= 0.3 is 0 Å². The van der Waals surface area contributed by atoms with E-state index in [2.05, 4.69) is 36.0 Å². The number of hydrogen-bond donors (Lipinski definition) is 3. The number of benzene rings is 1. The number of amides is 1. The van der Waals surface area contributed by atoms with Crippen molar-refractivity contribution in [2.75, 3.05) is 23.0 Å². The van der Waals surface area contributed by atoms with E-state index in [1.54, 1.807) is 43.0 Å². The third-order valence-corrected chi connectivity index (χ3v) is 4.97. The van der Waals surface area contributed by atoms with Gasteiger partial charge in [-0.15, -0.1) is 0 Å². The Balaban J connectivity index is 1.50. The highest BCUT2D eigenvalue weighted by Gasteiger charge is 2.15. The molecule has 0 radical (unpaired) electrons. The van der Waals surface area contributed by atoms with Crippen LogP contribution in [0.3, 0.4) is 0 Å². The predicted octanol–water partition coefficient (Wildman–Crippen LogP) is 3.85. The van der Waals surface area contributed by atoms with Crippen LogP contribution in [0.5, 0.6) is 0 Å². The van der Waals surface area contributed by atoms with E-state index in [9.17, 15) is 9.18 Å². The second-order valence-corrected chi connectivity index (χ2v) is 7.19. The molecule has 0 aliphatic heterocycles. The number of carbonyl (C=O) groups is 1. The molecule has 0 unspecified atom stereocenters. The molecule has 1 aromatic carbocycles. The maximum absolute atomic E-state index is 14.5. The summed E-state index contributed by atoms with van der Waals surface area (Å²) in [4.78, 5) is 25.5. The van der Waals surface area contributed by atoms with Crippen LogP contribution in [0.25, 0.3) is 11.2 Å². The molecular formula is C22H23FN8O. The van der Waals surface area contributed by atoms with Crippen molar-refractivity contribution in [3.05, 3.63) is 65.9 Å². The van der Waals surface area contributed by atoms with E-state index in [4.69, 9.17) is 0 Å². The molecule has 0 saturated heterocycles. The topological polar surface area (TPSA) is 110 Å². The maximum atomic E-state index is 14.5. The molecule has 4 aromatic rings. The van der Waals surface area contributed by atoms with E-state index in [1.807, 2.05) is 13.1 Å². The molecule has 10 heteroatoms. The van der Waals surface area contributed by atoms with Crippen molar-refractivity contribution in [1.82, 2.24) is 24.7 Å². The quantitative estimate of drug-likeness (QED) is 0.405. The van der Waals surface area contributed by atoms with Gasteiger partial charge in [-0.1, -0.05) is 0 Å². The molecule has 0 bridgehead atoms. The maximum Gasteiger partial charge on any atom is 0.257 e. The van der Waals surface area contributed by atoms with Gasteiger partial charge in [0.1, 0.15) is 23.0 Å².